The minimum Gasteiger partial charge on any atom is -0.358 e. The zero-order valence-corrected chi connectivity index (χ0v) is 15.0. The van der Waals surface area contributed by atoms with Crippen LogP contribution in [-0.4, -0.2) is 27.1 Å². The van der Waals surface area contributed by atoms with Crippen LogP contribution in [-0.2, 0) is 13.1 Å². The van der Waals surface area contributed by atoms with Gasteiger partial charge in [-0.3, -0.25) is 0 Å². The number of H-pyrrole nitrogens is 1. The van der Waals surface area contributed by atoms with E-state index in [1.807, 2.05) is 19.2 Å². The molecule has 25 heavy (non-hydrogen) atoms. The number of carbonyl (C=O) groups excluding carboxylic acids is 1. The van der Waals surface area contributed by atoms with Gasteiger partial charge >= 0.3 is 6.03 Å². The van der Waals surface area contributed by atoms with Crippen LogP contribution in [0.5, 0.6) is 0 Å². The summed E-state index contributed by atoms with van der Waals surface area (Å²) in [6.07, 6.45) is 4.62. The van der Waals surface area contributed by atoms with Crippen LogP contribution in [0.2, 0.25) is 0 Å². The van der Waals surface area contributed by atoms with Gasteiger partial charge in [-0.2, -0.15) is 0 Å². The molecule has 0 aliphatic heterocycles. The molecule has 0 spiro atoms. The normalized spacial score (nSPS) is 11.0. The standard InChI is InChI=1S/C19H25N5O/c1-13-14(2)23-18-6-5-16(11-17(13)18)12-22-19(25)21-7-4-9-24-10-8-20-15(24)3/h5-6,8,10-11,23H,4,7,9,12H2,1-3H3,(H2,21,22,25). The minimum absolute atomic E-state index is 0.135. The van der Waals surface area contributed by atoms with E-state index in [2.05, 4.69) is 51.1 Å². The Labute approximate surface area is 147 Å². The van der Waals surface area contributed by atoms with Gasteiger partial charge in [0.15, 0.2) is 0 Å². The number of hydrogen-bond donors (Lipinski definition) is 3. The van der Waals surface area contributed by atoms with E-state index in [1.54, 1.807) is 6.20 Å². The van der Waals surface area contributed by atoms with E-state index in [4.69, 9.17) is 0 Å². The summed E-state index contributed by atoms with van der Waals surface area (Å²) in [6.45, 7) is 8.18. The maximum Gasteiger partial charge on any atom is 0.315 e. The SMILES string of the molecule is Cc1[nH]c2ccc(CNC(=O)NCCCn3ccnc3C)cc2c1C. The number of nitrogens with zero attached hydrogens (tertiary/aromatic N) is 2. The molecular formula is C19H25N5O. The molecule has 132 valence electrons. The molecule has 2 aromatic heterocycles. The number of aromatic amines is 1. The van der Waals surface area contributed by atoms with Gasteiger partial charge in [0, 0.05) is 48.6 Å². The van der Waals surface area contributed by atoms with Crippen LogP contribution in [0.1, 0.15) is 29.1 Å². The molecule has 6 nitrogen and oxygen atoms in total. The Morgan fingerprint density at radius 1 is 1.24 bits per heavy atom. The summed E-state index contributed by atoms with van der Waals surface area (Å²) >= 11 is 0. The molecule has 2 amide bonds. The molecule has 3 N–H and O–H groups in total. The van der Waals surface area contributed by atoms with Crippen molar-refractivity contribution in [2.45, 2.75) is 40.3 Å². The first-order valence-corrected chi connectivity index (χ1v) is 8.62. The summed E-state index contributed by atoms with van der Waals surface area (Å²) in [5.74, 6) is 0.995. The van der Waals surface area contributed by atoms with Crippen LogP contribution in [0.15, 0.2) is 30.6 Å². The zero-order valence-electron chi connectivity index (χ0n) is 15.0. The Morgan fingerprint density at radius 3 is 2.84 bits per heavy atom. The first-order valence-electron chi connectivity index (χ1n) is 8.62. The highest BCUT2D eigenvalue weighted by Crippen LogP contribution is 2.22. The van der Waals surface area contributed by atoms with Crippen molar-refractivity contribution < 1.29 is 4.79 Å². The number of urea groups is 1. The zero-order chi connectivity index (χ0) is 17.8. The van der Waals surface area contributed by atoms with Crippen LogP contribution >= 0.6 is 0 Å². The third-order valence-electron chi connectivity index (χ3n) is 4.61. The van der Waals surface area contributed by atoms with Crippen molar-refractivity contribution in [2.75, 3.05) is 6.54 Å². The number of nitrogens with one attached hydrogen (secondary N) is 3. The first-order chi connectivity index (χ1) is 12.0. The molecule has 0 fully saturated rings. The van der Waals surface area contributed by atoms with Gasteiger partial charge in [0.05, 0.1) is 0 Å². The van der Waals surface area contributed by atoms with E-state index < -0.39 is 0 Å². The van der Waals surface area contributed by atoms with Crippen molar-refractivity contribution in [3.63, 3.8) is 0 Å². The molecule has 3 rings (SSSR count). The molecule has 0 unspecified atom stereocenters. The topological polar surface area (TPSA) is 74.7 Å². The highest BCUT2D eigenvalue weighted by molar-refractivity contribution is 5.85. The molecule has 3 aromatic rings. The molecule has 0 radical (unpaired) electrons. The van der Waals surface area contributed by atoms with Gasteiger partial charge in [-0.25, -0.2) is 9.78 Å². The summed E-state index contributed by atoms with van der Waals surface area (Å²) in [5.41, 5.74) is 4.68. The molecule has 0 bridgehead atoms. The summed E-state index contributed by atoms with van der Waals surface area (Å²) in [5, 5.41) is 7.03. The molecule has 0 atom stereocenters. The monoisotopic (exact) mass is 339 g/mol. The van der Waals surface area contributed by atoms with E-state index in [0.717, 1.165) is 29.9 Å². The van der Waals surface area contributed by atoms with Gasteiger partial charge in [-0.1, -0.05) is 6.07 Å². The molecule has 0 aliphatic carbocycles. The second-order valence-electron chi connectivity index (χ2n) is 6.39. The van der Waals surface area contributed by atoms with Gasteiger partial charge in [-0.05, 0) is 50.5 Å². The third-order valence-corrected chi connectivity index (χ3v) is 4.61. The van der Waals surface area contributed by atoms with Crippen LogP contribution in [0.4, 0.5) is 4.79 Å². The summed E-state index contributed by atoms with van der Waals surface area (Å²) in [6, 6.07) is 6.11. The third kappa shape index (κ3) is 4.02. The number of carbonyl (C=O) groups is 1. The average Bonchev–Trinajstić information content (AvgIpc) is 3.13. The molecule has 6 heteroatoms. The molecule has 2 heterocycles. The average molecular weight is 339 g/mol. The fourth-order valence-electron chi connectivity index (χ4n) is 2.95. The lowest BCUT2D eigenvalue weighted by Gasteiger charge is -2.09. The smallest absolute Gasteiger partial charge is 0.315 e. The Kier molecular flexibility index (Phi) is 5.07. The van der Waals surface area contributed by atoms with E-state index in [0.29, 0.717) is 13.1 Å². The van der Waals surface area contributed by atoms with Crippen LogP contribution < -0.4 is 10.6 Å². The van der Waals surface area contributed by atoms with Gasteiger partial charge in [0.2, 0.25) is 0 Å². The van der Waals surface area contributed by atoms with E-state index in [1.165, 1.54) is 16.6 Å². The lowest BCUT2D eigenvalue weighted by Crippen LogP contribution is -2.35. The van der Waals surface area contributed by atoms with Gasteiger partial charge in [-0.15, -0.1) is 0 Å². The second-order valence-corrected chi connectivity index (χ2v) is 6.39. The van der Waals surface area contributed by atoms with Crippen molar-refractivity contribution in [2.24, 2.45) is 0 Å². The minimum atomic E-state index is -0.135. The van der Waals surface area contributed by atoms with Crippen LogP contribution in [0.3, 0.4) is 0 Å². The van der Waals surface area contributed by atoms with E-state index in [-0.39, 0.29) is 6.03 Å². The summed E-state index contributed by atoms with van der Waals surface area (Å²) in [7, 11) is 0. The lowest BCUT2D eigenvalue weighted by atomic mass is 10.1. The Hall–Kier alpha value is -2.76. The Balaban J connectivity index is 1.44. The van der Waals surface area contributed by atoms with Crippen molar-refractivity contribution in [3.05, 3.63) is 53.2 Å². The number of rotatable bonds is 6. The Morgan fingerprint density at radius 2 is 2.08 bits per heavy atom. The van der Waals surface area contributed by atoms with Crippen molar-refractivity contribution in [1.82, 2.24) is 25.2 Å². The number of benzene rings is 1. The van der Waals surface area contributed by atoms with Crippen LogP contribution in [0, 0.1) is 20.8 Å². The fraction of sp³-hybridized carbons (Fsp3) is 0.368. The largest absolute Gasteiger partial charge is 0.358 e. The number of aryl methyl sites for hydroxylation is 4. The van der Waals surface area contributed by atoms with Gasteiger partial charge in [0.25, 0.3) is 0 Å². The Bertz CT molecular complexity index is 877. The summed E-state index contributed by atoms with van der Waals surface area (Å²) < 4.78 is 2.08. The quantitative estimate of drug-likeness (QED) is 0.603. The molecule has 1 aromatic carbocycles. The van der Waals surface area contributed by atoms with E-state index in [9.17, 15) is 4.79 Å². The predicted molar refractivity (Wildman–Crippen MR) is 99.6 cm³/mol. The number of fused-ring (bicyclic) bond motifs is 1. The van der Waals surface area contributed by atoms with Crippen molar-refractivity contribution in [1.29, 1.82) is 0 Å². The van der Waals surface area contributed by atoms with Gasteiger partial charge in [0.1, 0.15) is 5.82 Å². The number of hydrogen-bond acceptors (Lipinski definition) is 2. The number of imidazole rings is 1. The molecule has 0 aliphatic rings. The summed E-state index contributed by atoms with van der Waals surface area (Å²) in [4.78, 5) is 19.5. The number of aromatic nitrogens is 3. The predicted octanol–water partition coefficient (Wildman–Crippen LogP) is 3.18. The van der Waals surface area contributed by atoms with Crippen molar-refractivity contribution in [3.8, 4) is 0 Å². The van der Waals surface area contributed by atoms with Crippen LogP contribution in [0.25, 0.3) is 10.9 Å². The highest BCUT2D eigenvalue weighted by Gasteiger charge is 2.06. The number of amides is 2. The van der Waals surface area contributed by atoms with Gasteiger partial charge < -0.3 is 20.2 Å². The van der Waals surface area contributed by atoms with Crippen molar-refractivity contribution >= 4 is 16.9 Å². The fourth-order valence-corrected chi connectivity index (χ4v) is 2.95. The lowest BCUT2D eigenvalue weighted by molar-refractivity contribution is 0.240. The maximum absolute atomic E-state index is 11.9. The highest BCUT2D eigenvalue weighted by atomic mass is 16.2. The maximum atomic E-state index is 11.9. The molecular weight excluding hydrogens is 314 g/mol. The molecule has 0 saturated heterocycles. The molecule has 0 saturated carbocycles. The first kappa shape index (κ1) is 17.1. The second kappa shape index (κ2) is 7.42. The van der Waals surface area contributed by atoms with E-state index >= 15 is 0 Å².